The molecule has 1 aromatic carbocycles. The summed E-state index contributed by atoms with van der Waals surface area (Å²) in [6, 6.07) is 5.91. The highest BCUT2D eigenvalue weighted by atomic mass is 35.5. The van der Waals surface area contributed by atoms with Crippen LogP contribution in [0.5, 0.6) is 0 Å². The van der Waals surface area contributed by atoms with Gasteiger partial charge in [0.2, 0.25) is 5.52 Å². The zero-order chi connectivity index (χ0) is 14.0. The van der Waals surface area contributed by atoms with E-state index in [9.17, 15) is 4.79 Å². The minimum Gasteiger partial charge on any atom is -0.462 e. The summed E-state index contributed by atoms with van der Waals surface area (Å²) >= 11 is 6.36. The maximum absolute atomic E-state index is 11.9. The van der Waals surface area contributed by atoms with Crippen molar-refractivity contribution in [2.75, 3.05) is 6.61 Å². The van der Waals surface area contributed by atoms with Crippen molar-refractivity contribution in [2.24, 2.45) is 0 Å². The van der Waals surface area contributed by atoms with Crippen molar-refractivity contribution in [1.29, 1.82) is 0 Å². The van der Waals surface area contributed by atoms with Gasteiger partial charge >= 0.3 is 5.97 Å². The Kier molecular flexibility index (Phi) is 4.05. The summed E-state index contributed by atoms with van der Waals surface area (Å²) < 4.78 is 7.08. The Morgan fingerprint density at radius 3 is 2.74 bits per heavy atom. The van der Waals surface area contributed by atoms with Gasteiger partial charge in [-0.1, -0.05) is 23.7 Å². The predicted octanol–water partition coefficient (Wildman–Crippen LogP) is 3.29. The maximum Gasteiger partial charge on any atom is 0.345 e. The van der Waals surface area contributed by atoms with Crippen LogP contribution in [0.25, 0.3) is 10.9 Å². The third kappa shape index (κ3) is 2.43. The predicted molar refractivity (Wildman–Crippen MR) is 75.5 cm³/mol. The van der Waals surface area contributed by atoms with E-state index >= 15 is 0 Å². The standard InChI is InChI=1S/C15H17ClNO2/c1-4-17-9-12(15(18)19-5-2)13(16)11-8-6-7-10(3)14(11)17/h6-9H,4-5H2,1-3H3/q+1. The van der Waals surface area contributed by atoms with Gasteiger partial charge in [-0.2, -0.15) is 4.57 Å². The van der Waals surface area contributed by atoms with Crippen LogP contribution in [0.1, 0.15) is 29.8 Å². The van der Waals surface area contributed by atoms with Crippen LogP contribution in [-0.4, -0.2) is 12.6 Å². The Hall–Kier alpha value is -1.61. The molecule has 0 N–H and O–H groups in total. The molecule has 2 aromatic rings. The number of para-hydroxylation sites is 1. The van der Waals surface area contributed by atoms with E-state index < -0.39 is 0 Å². The Morgan fingerprint density at radius 2 is 2.11 bits per heavy atom. The molecule has 0 bridgehead atoms. The minimum atomic E-state index is -0.377. The van der Waals surface area contributed by atoms with E-state index in [4.69, 9.17) is 16.3 Å². The smallest absolute Gasteiger partial charge is 0.345 e. The number of carbonyl (C=O) groups is 1. The normalized spacial score (nSPS) is 10.7. The summed E-state index contributed by atoms with van der Waals surface area (Å²) in [6.07, 6.45) is 1.77. The largest absolute Gasteiger partial charge is 0.462 e. The monoisotopic (exact) mass is 278 g/mol. The number of hydrogen-bond donors (Lipinski definition) is 0. The van der Waals surface area contributed by atoms with Crippen molar-refractivity contribution < 1.29 is 14.1 Å². The van der Waals surface area contributed by atoms with Gasteiger partial charge < -0.3 is 4.74 Å². The molecule has 0 saturated carbocycles. The number of aryl methyl sites for hydroxylation is 2. The molecule has 0 spiro atoms. The van der Waals surface area contributed by atoms with Crippen LogP contribution >= 0.6 is 11.6 Å². The van der Waals surface area contributed by atoms with Crippen LogP contribution in [0.2, 0.25) is 5.02 Å². The van der Waals surface area contributed by atoms with Crippen molar-refractivity contribution in [3.05, 3.63) is 40.5 Å². The Labute approximate surface area is 117 Å². The third-order valence-corrected chi connectivity index (χ3v) is 3.53. The number of aromatic nitrogens is 1. The second-order valence-corrected chi connectivity index (χ2v) is 4.71. The molecule has 0 radical (unpaired) electrons. The molecule has 2 rings (SSSR count). The summed E-state index contributed by atoms with van der Waals surface area (Å²) in [5.74, 6) is -0.377. The summed E-state index contributed by atoms with van der Waals surface area (Å²) in [5.41, 5.74) is 2.61. The Morgan fingerprint density at radius 1 is 1.37 bits per heavy atom. The third-order valence-electron chi connectivity index (χ3n) is 3.12. The lowest BCUT2D eigenvalue weighted by Gasteiger charge is -2.08. The molecular weight excluding hydrogens is 262 g/mol. The van der Waals surface area contributed by atoms with E-state index in [2.05, 4.69) is 0 Å². The highest BCUT2D eigenvalue weighted by molar-refractivity contribution is 6.38. The van der Waals surface area contributed by atoms with Gasteiger partial charge in [-0.3, -0.25) is 0 Å². The molecule has 100 valence electrons. The average molecular weight is 279 g/mol. The first kappa shape index (κ1) is 13.8. The number of esters is 1. The van der Waals surface area contributed by atoms with Crippen LogP contribution in [0.3, 0.4) is 0 Å². The van der Waals surface area contributed by atoms with Crippen LogP contribution in [0.15, 0.2) is 24.4 Å². The zero-order valence-electron chi connectivity index (χ0n) is 11.4. The molecule has 1 aromatic heterocycles. The summed E-state index contributed by atoms with van der Waals surface area (Å²) in [7, 11) is 0. The topological polar surface area (TPSA) is 30.2 Å². The van der Waals surface area contributed by atoms with Gasteiger partial charge in [0.15, 0.2) is 6.20 Å². The molecule has 0 aliphatic heterocycles. The van der Waals surface area contributed by atoms with Gasteiger partial charge in [0.05, 0.1) is 17.0 Å². The van der Waals surface area contributed by atoms with Crippen LogP contribution in [0, 0.1) is 6.92 Å². The SMILES string of the molecule is CCOC(=O)c1c[n+](CC)c2c(C)cccc2c1Cl. The van der Waals surface area contributed by atoms with E-state index in [0.29, 0.717) is 17.2 Å². The van der Waals surface area contributed by atoms with Gasteiger partial charge in [-0.25, -0.2) is 4.79 Å². The first-order valence-electron chi connectivity index (χ1n) is 6.38. The fourth-order valence-electron chi connectivity index (χ4n) is 2.24. The molecule has 0 aliphatic carbocycles. The van der Waals surface area contributed by atoms with E-state index in [1.165, 1.54) is 0 Å². The molecule has 0 fully saturated rings. The van der Waals surface area contributed by atoms with Crippen LogP contribution in [0.4, 0.5) is 0 Å². The highest BCUT2D eigenvalue weighted by Crippen LogP contribution is 2.27. The van der Waals surface area contributed by atoms with Crippen molar-refractivity contribution in [1.82, 2.24) is 0 Å². The first-order valence-corrected chi connectivity index (χ1v) is 6.76. The number of rotatable bonds is 3. The number of benzene rings is 1. The second-order valence-electron chi connectivity index (χ2n) is 4.33. The fraction of sp³-hybridized carbons (Fsp3) is 0.333. The zero-order valence-corrected chi connectivity index (χ0v) is 12.1. The molecule has 19 heavy (non-hydrogen) atoms. The molecule has 0 saturated heterocycles. The molecule has 0 atom stereocenters. The fourth-order valence-corrected chi connectivity index (χ4v) is 2.52. The molecule has 4 heteroatoms. The Bertz CT molecular complexity index is 638. The summed E-state index contributed by atoms with van der Waals surface area (Å²) in [4.78, 5) is 11.9. The first-order chi connectivity index (χ1) is 9.10. The van der Waals surface area contributed by atoms with Crippen molar-refractivity contribution in [2.45, 2.75) is 27.3 Å². The van der Waals surface area contributed by atoms with Crippen molar-refractivity contribution in [3.8, 4) is 0 Å². The number of fused-ring (bicyclic) bond motifs is 1. The van der Waals surface area contributed by atoms with Gasteiger partial charge in [-0.15, -0.1) is 0 Å². The molecule has 1 heterocycles. The van der Waals surface area contributed by atoms with Gasteiger partial charge in [-0.05, 0) is 26.8 Å². The summed E-state index contributed by atoms with van der Waals surface area (Å²) in [5, 5.41) is 1.34. The van der Waals surface area contributed by atoms with Gasteiger partial charge in [0.1, 0.15) is 12.1 Å². The Balaban J connectivity index is 2.76. The van der Waals surface area contributed by atoms with E-state index in [1.807, 2.05) is 36.6 Å². The molecular formula is C15H17ClNO2+. The highest BCUT2D eigenvalue weighted by Gasteiger charge is 2.22. The average Bonchev–Trinajstić information content (AvgIpc) is 2.40. The minimum absolute atomic E-state index is 0.340. The number of pyridine rings is 1. The second kappa shape index (κ2) is 5.57. The molecule has 0 unspecified atom stereocenters. The lowest BCUT2D eigenvalue weighted by Crippen LogP contribution is -2.35. The van der Waals surface area contributed by atoms with Crippen LogP contribution in [-0.2, 0) is 11.3 Å². The quantitative estimate of drug-likeness (QED) is 0.637. The van der Waals surface area contributed by atoms with E-state index in [0.717, 1.165) is 23.0 Å². The lowest BCUT2D eigenvalue weighted by atomic mass is 10.1. The van der Waals surface area contributed by atoms with Crippen LogP contribution < -0.4 is 4.57 Å². The number of hydrogen-bond acceptors (Lipinski definition) is 2. The van der Waals surface area contributed by atoms with E-state index in [1.54, 1.807) is 13.1 Å². The number of carbonyl (C=O) groups excluding carboxylic acids is 1. The maximum atomic E-state index is 11.9. The molecule has 3 nitrogen and oxygen atoms in total. The summed E-state index contributed by atoms with van der Waals surface area (Å²) in [6.45, 7) is 6.96. The molecule has 0 amide bonds. The van der Waals surface area contributed by atoms with Gasteiger partial charge in [0.25, 0.3) is 0 Å². The number of ether oxygens (including phenoxy) is 1. The molecule has 0 aliphatic rings. The van der Waals surface area contributed by atoms with Crippen molar-refractivity contribution in [3.63, 3.8) is 0 Å². The lowest BCUT2D eigenvalue weighted by molar-refractivity contribution is -0.668. The van der Waals surface area contributed by atoms with Crippen molar-refractivity contribution >= 4 is 28.5 Å². The van der Waals surface area contributed by atoms with Gasteiger partial charge in [0, 0.05) is 5.56 Å². The number of nitrogens with zero attached hydrogens (tertiary/aromatic N) is 1. The number of halogens is 1. The van der Waals surface area contributed by atoms with E-state index in [-0.39, 0.29) is 5.97 Å².